The van der Waals surface area contributed by atoms with Crippen LogP contribution in [0, 0.1) is 11.3 Å². The van der Waals surface area contributed by atoms with Gasteiger partial charge < -0.3 is 9.47 Å². The number of ether oxygens (including phenoxy) is 2. The minimum atomic E-state index is 0.238. The van der Waals surface area contributed by atoms with E-state index in [4.69, 9.17) is 14.7 Å². The van der Waals surface area contributed by atoms with Crippen LogP contribution in [-0.4, -0.2) is 23.3 Å². The number of hydrogen-bond acceptors (Lipinski definition) is 4. The highest BCUT2D eigenvalue weighted by atomic mass is 16.5. The fraction of sp³-hybridized carbons (Fsp3) is 0.571. The van der Waals surface area contributed by atoms with Crippen LogP contribution >= 0.6 is 0 Å². The first-order chi connectivity index (χ1) is 8.67. The molecule has 96 valence electrons. The van der Waals surface area contributed by atoms with Gasteiger partial charge in [0.2, 0.25) is 0 Å². The van der Waals surface area contributed by atoms with Crippen molar-refractivity contribution in [3.63, 3.8) is 0 Å². The molecule has 1 fully saturated rings. The molecule has 0 aromatic carbocycles. The molecule has 2 unspecified atom stereocenters. The van der Waals surface area contributed by atoms with Crippen molar-refractivity contribution < 1.29 is 9.47 Å². The largest absolute Gasteiger partial charge is 0.375 e. The van der Waals surface area contributed by atoms with Crippen LogP contribution in [0.1, 0.15) is 37.9 Å². The fourth-order valence-electron chi connectivity index (χ4n) is 2.32. The molecule has 4 heteroatoms. The van der Waals surface area contributed by atoms with Gasteiger partial charge in [-0.05, 0) is 44.4 Å². The summed E-state index contributed by atoms with van der Waals surface area (Å²) < 4.78 is 11.6. The van der Waals surface area contributed by atoms with Gasteiger partial charge in [0, 0.05) is 6.20 Å². The van der Waals surface area contributed by atoms with Gasteiger partial charge in [0.25, 0.3) is 0 Å². The highest BCUT2D eigenvalue weighted by molar-refractivity contribution is 5.24. The van der Waals surface area contributed by atoms with E-state index in [9.17, 15) is 0 Å². The number of nitrogens with zero attached hydrogens (tertiary/aromatic N) is 2. The molecule has 18 heavy (non-hydrogen) atoms. The second kappa shape index (κ2) is 5.94. The molecule has 0 amide bonds. The third-order valence-corrected chi connectivity index (χ3v) is 3.08. The van der Waals surface area contributed by atoms with E-state index in [-0.39, 0.29) is 18.3 Å². The van der Waals surface area contributed by atoms with Crippen LogP contribution in [0.15, 0.2) is 18.3 Å². The molecule has 0 aliphatic carbocycles. The van der Waals surface area contributed by atoms with Crippen LogP contribution < -0.4 is 0 Å². The van der Waals surface area contributed by atoms with Crippen molar-refractivity contribution in [1.29, 1.82) is 5.26 Å². The fourth-order valence-corrected chi connectivity index (χ4v) is 2.32. The van der Waals surface area contributed by atoms with Gasteiger partial charge in [-0.2, -0.15) is 5.26 Å². The molecule has 0 bridgehead atoms. The summed E-state index contributed by atoms with van der Waals surface area (Å²) in [6, 6.07) is 5.68. The molecule has 1 aromatic rings. The lowest BCUT2D eigenvalue weighted by Gasteiger charge is -2.32. The average molecular weight is 246 g/mol. The Morgan fingerprint density at radius 3 is 2.83 bits per heavy atom. The highest BCUT2D eigenvalue weighted by Gasteiger charge is 2.24. The van der Waals surface area contributed by atoms with Gasteiger partial charge in [0.05, 0.1) is 24.9 Å². The molecule has 1 aliphatic heterocycles. The summed E-state index contributed by atoms with van der Waals surface area (Å²) in [5.41, 5.74) is 1.43. The maximum absolute atomic E-state index is 8.78. The summed E-state index contributed by atoms with van der Waals surface area (Å²) in [5, 5.41) is 8.78. The first-order valence-corrected chi connectivity index (χ1v) is 6.29. The van der Waals surface area contributed by atoms with Crippen LogP contribution in [0.4, 0.5) is 0 Å². The minimum absolute atomic E-state index is 0.238. The van der Waals surface area contributed by atoms with Gasteiger partial charge in [-0.15, -0.1) is 0 Å². The topological polar surface area (TPSA) is 55.1 Å². The second-order valence-corrected chi connectivity index (χ2v) is 4.82. The van der Waals surface area contributed by atoms with E-state index >= 15 is 0 Å². The molecule has 2 rings (SSSR count). The quantitative estimate of drug-likeness (QED) is 0.822. The minimum Gasteiger partial charge on any atom is -0.375 e. The SMILES string of the molecule is CC1CC(OCc2ccnc(C#N)c2)CC(C)O1. The summed E-state index contributed by atoms with van der Waals surface area (Å²) in [5.74, 6) is 0. The predicted molar refractivity (Wildman–Crippen MR) is 66.8 cm³/mol. The van der Waals surface area contributed by atoms with Crippen molar-refractivity contribution in [1.82, 2.24) is 4.98 Å². The van der Waals surface area contributed by atoms with Crippen molar-refractivity contribution in [3.05, 3.63) is 29.6 Å². The zero-order chi connectivity index (χ0) is 13.0. The molecule has 0 spiro atoms. The summed E-state index contributed by atoms with van der Waals surface area (Å²) in [4.78, 5) is 3.94. The van der Waals surface area contributed by atoms with Gasteiger partial charge in [0.15, 0.2) is 0 Å². The third kappa shape index (κ3) is 3.52. The summed E-state index contributed by atoms with van der Waals surface area (Å²) in [6.07, 6.45) is 4.26. The smallest absolute Gasteiger partial charge is 0.140 e. The van der Waals surface area contributed by atoms with Crippen molar-refractivity contribution in [2.45, 2.75) is 51.6 Å². The van der Waals surface area contributed by atoms with E-state index in [1.807, 2.05) is 12.1 Å². The van der Waals surface area contributed by atoms with Gasteiger partial charge in [-0.1, -0.05) is 0 Å². The zero-order valence-corrected chi connectivity index (χ0v) is 10.8. The van der Waals surface area contributed by atoms with Crippen LogP contribution in [0.3, 0.4) is 0 Å². The Morgan fingerprint density at radius 1 is 1.44 bits per heavy atom. The second-order valence-electron chi connectivity index (χ2n) is 4.82. The van der Waals surface area contributed by atoms with Gasteiger partial charge in [0.1, 0.15) is 11.8 Å². The Morgan fingerprint density at radius 2 is 2.17 bits per heavy atom. The van der Waals surface area contributed by atoms with Gasteiger partial charge in [-0.25, -0.2) is 4.98 Å². The predicted octanol–water partition coefficient (Wildman–Crippen LogP) is 2.43. The number of hydrogen-bond donors (Lipinski definition) is 0. The Balaban J connectivity index is 1.89. The molecule has 4 nitrogen and oxygen atoms in total. The van der Waals surface area contributed by atoms with E-state index in [1.54, 1.807) is 12.3 Å². The standard InChI is InChI=1S/C14H18N2O2/c1-10-5-14(6-11(2)18-10)17-9-12-3-4-16-13(7-12)8-15/h3-4,7,10-11,14H,5-6,9H2,1-2H3. The monoisotopic (exact) mass is 246 g/mol. The van der Waals surface area contributed by atoms with E-state index in [0.717, 1.165) is 18.4 Å². The molecule has 0 saturated carbocycles. The average Bonchev–Trinajstić information content (AvgIpc) is 2.35. The molecular formula is C14H18N2O2. The molecule has 2 heterocycles. The van der Waals surface area contributed by atoms with E-state index in [2.05, 4.69) is 18.8 Å². The van der Waals surface area contributed by atoms with Crippen molar-refractivity contribution in [2.75, 3.05) is 0 Å². The maximum atomic E-state index is 8.78. The number of aromatic nitrogens is 1. The lowest BCUT2D eigenvalue weighted by Crippen LogP contribution is -2.33. The van der Waals surface area contributed by atoms with E-state index in [1.165, 1.54) is 0 Å². The number of pyridine rings is 1. The van der Waals surface area contributed by atoms with Gasteiger partial charge in [-0.3, -0.25) is 0 Å². The van der Waals surface area contributed by atoms with Crippen LogP contribution in [0.25, 0.3) is 0 Å². The first-order valence-electron chi connectivity index (χ1n) is 6.29. The molecule has 0 N–H and O–H groups in total. The van der Waals surface area contributed by atoms with Crippen molar-refractivity contribution >= 4 is 0 Å². The van der Waals surface area contributed by atoms with Crippen LogP contribution in [0.2, 0.25) is 0 Å². The third-order valence-electron chi connectivity index (χ3n) is 3.08. The normalized spacial score (nSPS) is 27.7. The molecule has 2 atom stereocenters. The van der Waals surface area contributed by atoms with Crippen molar-refractivity contribution in [2.24, 2.45) is 0 Å². The Bertz CT molecular complexity index is 432. The molecule has 1 aromatic heterocycles. The summed E-state index contributed by atoms with van der Waals surface area (Å²) >= 11 is 0. The lowest BCUT2D eigenvalue weighted by molar-refractivity contribution is -0.106. The number of nitriles is 1. The number of rotatable bonds is 3. The molecule has 1 aliphatic rings. The van der Waals surface area contributed by atoms with Crippen LogP contribution in [-0.2, 0) is 16.1 Å². The highest BCUT2D eigenvalue weighted by Crippen LogP contribution is 2.22. The van der Waals surface area contributed by atoms with Crippen molar-refractivity contribution in [3.8, 4) is 6.07 Å². The summed E-state index contributed by atoms with van der Waals surface area (Å²) in [7, 11) is 0. The lowest BCUT2D eigenvalue weighted by atomic mass is 10.0. The molecule has 0 radical (unpaired) electrons. The molecule has 1 saturated heterocycles. The van der Waals surface area contributed by atoms with Crippen LogP contribution in [0.5, 0.6) is 0 Å². The summed E-state index contributed by atoms with van der Waals surface area (Å²) in [6.45, 7) is 4.68. The Labute approximate surface area is 108 Å². The zero-order valence-electron chi connectivity index (χ0n) is 10.8. The Kier molecular flexibility index (Phi) is 4.29. The Hall–Kier alpha value is -1.44. The van der Waals surface area contributed by atoms with E-state index < -0.39 is 0 Å². The van der Waals surface area contributed by atoms with Gasteiger partial charge >= 0.3 is 0 Å². The maximum Gasteiger partial charge on any atom is 0.140 e. The molecular weight excluding hydrogens is 228 g/mol. The van der Waals surface area contributed by atoms with E-state index in [0.29, 0.717) is 12.3 Å². The first kappa shape index (κ1) is 13.0.